The molecule has 1 N–H and O–H groups in total. The highest BCUT2D eigenvalue weighted by atomic mass is 16.1. The van der Waals surface area contributed by atoms with Gasteiger partial charge in [-0.3, -0.25) is 10.2 Å². The highest BCUT2D eigenvalue weighted by molar-refractivity contribution is 6.05. The molecule has 1 aliphatic carbocycles. The molecule has 0 amide bonds. The van der Waals surface area contributed by atoms with Crippen molar-refractivity contribution in [2.75, 3.05) is 0 Å². The van der Waals surface area contributed by atoms with Crippen molar-refractivity contribution in [2.45, 2.75) is 6.04 Å². The Morgan fingerprint density at radius 1 is 1.60 bits per heavy atom. The highest BCUT2D eigenvalue weighted by Crippen LogP contribution is 2.11. The maximum absolute atomic E-state index is 10.8. The largest absolute Gasteiger partial charge is 0.299 e. The summed E-state index contributed by atoms with van der Waals surface area (Å²) in [6.07, 6.45) is 6.63. The van der Waals surface area contributed by atoms with E-state index in [0.29, 0.717) is 0 Å². The van der Waals surface area contributed by atoms with Gasteiger partial charge in [-0.05, 0) is 12.2 Å². The highest BCUT2D eigenvalue weighted by Gasteiger charge is 2.17. The first-order valence-corrected chi connectivity index (χ1v) is 3.08. The van der Waals surface area contributed by atoms with Crippen LogP contribution in [0.15, 0.2) is 28.9 Å². The first-order valence-electron chi connectivity index (χ1n) is 3.08. The summed E-state index contributed by atoms with van der Waals surface area (Å²) in [5.41, 5.74) is 3.79. The average Bonchev–Trinajstić information content (AvgIpc) is 2.33. The Bertz CT molecular complexity index is 263. The van der Waals surface area contributed by atoms with Gasteiger partial charge >= 0.3 is 0 Å². The molecule has 0 radical (unpaired) electrons. The Morgan fingerprint density at radius 2 is 2.50 bits per heavy atom. The second-order valence-corrected chi connectivity index (χ2v) is 2.27. The minimum atomic E-state index is 0.0430. The predicted molar refractivity (Wildman–Crippen MR) is 37.6 cm³/mol. The molecule has 0 bridgehead atoms. The van der Waals surface area contributed by atoms with Crippen LogP contribution in [-0.2, 0) is 4.79 Å². The fourth-order valence-electron chi connectivity index (χ4n) is 1.03. The van der Waals surface area contributed by atoms with Gasteiger partial charge in [0.2, 0.25) is 0 Å². The van der Waals surface area contributed by atoms with Crippen LogP contribution in [0.3, 0.4) is 0 Å². The molecule has 3 heteroatoms. The molecular formula is C7H6N2O. The predicted octanol–water partition coefficient (Wildman–Crippen LogP) is 0.00930. The van der Waals surface area contributed by atoms with Gasteiger partial charge < -0.3 is 0 Å². The number of hydrogen-bond acceptors (Lipinski definition) is 3. The molecule has 0 saturated heterocycles. The molecule has 50 valence electrons. The molecule has 0 saturated carbocycles. The van der Waals surface area contributed by atoms with Gasteiger partial charge in [0.05, 0.1) is 12.3 Å². The molecule has 2 aliphatic rings. The number of ketones is 1. The third kappa shape index (κ3) is 0.673. The second-order valence-electron chi connectivity index (χ2n) is 2.27. The van der Waals surface area contributed by atoms with Gasteiger partial charge in [0.25, 0.3) is 0 Å². The third-order valence-electron chi connectivity index (χ3n) is 1.55. The summed E-state index contributed by atoms with van der Waals surface area (Å²) >= 11 is 0. The summed E-state index contributed by atoms with van der Waals surface area (Å²) in [7, 11) is 0. The molecule has 10 heavy (non-hydrogen) atoms. The van der Waals surface area contributed by atoms with E-state index in [1.807, 2.05) is 6.08 Å². The van der Waals surface area contributed by atoms with E-state index < -0.39 is 0 Å². The number of nitrogens with zero attached hydrogens (tertiary/aromatic N) is 1. The lowest BCUT2D eigenvalue weighted by Crippen LogP contribution is -2.21. The van der Waals surface area contributed by atoms with E-state index in [9.17, 15) is 4.79 Å². The topological polar surface area (TPSA) is 41.5 Å². The van der Waals surface area contributed by atoms with Gasteiger partial charge in [0, 0.05) is 5.57 Å². The Labute approximate surface area is 58.1 Å². The van der Waals surface area contributed by atoms with Gasteiger partial charge in [-0.15, -0.1) is 0 Å². The fraction of sp³-hybridized carbons (Fsp3) is 0.143. The van der Waals surface area contributed by atoms with Gasteiger partial charge in [-0.1, -0.05) is 6.08 Å². The summed E-state index contributed by atoms with van der Waals surface area (Å²) in [6.45, 7) is 0. The Morgan fingerprint density at radius 3 is 3.40 bits per heavy atom. The van der Waals surface area contributed by atoms with E-state index in [1.165, 1.54) is 0 Å². The van der Waals surface area contributed by atoms with Gasteiger partial charge in [0.1, 0.15) is 0 Å². The molecular weight excluding hydrogens is 128 g/mol. The zero-order valence-electron chi connectivity index (χ0n) is 5.24. The number of fused-ring (bicyclic) bond motifs is 1. The summed E-state index contributed by atoms with van der Waals surface area (Å²) in [5.74, 6) is 0.0430. The Hall–Kier alpha value is -1.38. The normalized spacial score (nSPS) is 27.8. The Balaban J connectivity index is 2.37. The summed E-state index contributed by atoms with van der Waals surface area (Å²) < 4.78 is 0. The van der Waals surface area contributed by atoms with Crippen LogP contribution < -0.4 is 5.43 Å². The van der Waals surface area contributed by atoms with Crippen molar-refractivity contribution in [2.24, 2.45) is 5.10 Å². The van der Waals surface area contributed by atoms with Crippen molar-refractivity contribution in [3.8, 4) is 0 Å². The molecule has 0 aromatic carbocycles. The zero-order chi connectivity index (χ0) is 6.97. The van der Waals surface area contributed by atoms with Crippen molar-refractivity contribution in [3.63, 3.8) is 0 Å². The van der Waals surface area contributed by atoms with E-state index in [4.69, 9.17) is 0 Å². The van der Waals surface area contributed by atoms with E-state index in [0.717, 1.165) is 5.57 Å². The Kier molecular flexibility index (Phi) is 0.974. The molecule has 1 heterocycles. The van der Waals surface area contributed by atoms with Crippen LogP contribution in [-0.4, -0.2) is 18.0 Å². The number of rotatable bonds is 0. The molecule has 0 aromatic heterocycles. The van der Waals surface area contributed by atoms with Gasteiger partial charge in [0.15, 0.2) is 5.78 Å². The minimum Gasteiger partial charge on any atom is -0.299 e. The van der Waals surface area contributed by atoms with Crippen LogP contribution in [0.2, 0.25) is 0 Å². The molecule has 0 aromatic rings. The third-order valence-corrected chi connectivity index (χ3v) is 1.55. The average molecular weight is 134 g/mol. The first-order chi connectivity index (χ1) is 4.86. The number of hydrazone groups is 1. The van der Waals surface area contributed by atoms with Gasteiger partial charge in [-0.25, -0.2) is 0 Å². The van der Waals surface area contributed by atoms with E-state index in [-0.39, 0.29) is 11.8 Å². The van der Waals surface area contributed by atoms with Crippen LogP contribution in [0.25, 0.3) is 0 Å². The summed E-state index contributed by atoms with van der Waals surface area (Å²) in [6, 6.07) is 0.137. The van der Waals surface area contributed by atoms with Crippen LogP contribution in [0.1, 0.15) is 0 Å². The number of hydrogen-bond donors (Lipinski definition) is 1. The number of carbonyl (C=O) groups is 1. The van der Waals surface area contributed by atoms with E-state index >= 15 is 0 Å². The lowest BCUT2D eigenvalue weighted by molar-refractivity contribution is -0.110. The maximum Gasteiger partial charge on any atom is 0.178 e. The maximum atomic E-state index is 10.8. The number of carbonyl (C=O) groups excluding carboxylic acids is 1. The van der Waals surface area contributed by atoms with Crippen molar-refractivity contribution in [1.82, 2.24) is 5.43 Å². The zero-order valence-corrected chi connectivity index (χ0v) is 5.24. The molecule has 1 aliphatic heterocycles. The first kappa shape index (κ1) is 5.41. The molecule has 0 spiro atoms. The number of nitrogens with one attached hydrogen (secondary N) is 1. The van der Waals surface area contributed by atoms with Crippen molar-refractivity contribution < 1.29 is 4.79 Å². The van der Waals surface area contributed by atoms with Crippen LogP contribution >= 0.6 is 0 Å². The molecule has 2 rings (SSSR count). The van der Waals surface area contributed by atoms with Gasteiger partial charge in [-0.2, -0.15) is 5.10 Å². The molecule has 0 unspecified atom stereocenters. The summed E-state index contributed by atoms with van der Waals surface area (Å²) in [5, 5.41) is 3.82. The minimum absolute atomic E-state index is 0.0430. The monoisotopic (exact) mass is 134 g/mol. The lowest BCUT2D eigenvalue weighted by Gasteiger charge is -2.07. The van der Waals surface area contributed by atoms with Crippen LogP contribution in [0, 0.1) is 0 Å². The smallest absolute Gasteiger partial charge is 0.178 e. The molecule has 3 nitrogen and oxygen atoms in total. The van der Waals surface area contributed by atoms with E-state index in [1.54, 1.807) is 18.4 Å². The second kappa shape index (κ2) is 1.80. The van der Waals surface area contributed by atoms with Crippen LogP contribution in [0.4, 0.5) is 0 Å². The fourth-order valence-corrected chi connectivity index (χ4v) is 1.03. The van der Waals surface area contributed by atoms with E-state index in [2.05, 4.69) is 10.5 Å². The van der Waals surface area contributed by atoms with Crippen molar-refractivity contribution in [1.29, 1.82) is 0 Å². The SMILES string of the molecule is O=C1C=C[C@@H]2NN=CC2=C1. The standard InChI is InChI=1S/C7H6N2O/c10-6-1-2-7-5(3-6)4-8-9-7/h1-4,7,9H/t7-/m0/s1. The van der Waals surface area contributed by atoms with Crippen molar-refractivity contribution >= 4 is 12.0 Å². The quantitative estimate of drug-likeness (QED) is 0.507. The lowest BCUT2D eigenvalue weighted by atomic mass is 10.0. The summed E-state index contributed by atoms with van der Waals surface area (Å²) in [4.78, 5) is 10.8. The number of allylic oxidation sites excluding steroid dienone is 2. The molecule has 1 atom stereocenters. The van der Waals surface area contributed by atoms with Crippen molar-refractivity contribution in [3.05, 3.63) is 23.8 Å². The van der Waals surface area contributed by atoms with Crippen LogP contribution in [0.5, 0.6) is 0 Å². The molecule has 0 fully saturated rings.